The fourth-order valence-corrected chi connectivity index (χ4v) is 3.92. The molecule has 0 saturated heterocycles. The number of benzene rings is 1. The zero-order chi connectivity index (χ0) is 23.0. The van der Waals surface area contributed by atoms with Crippen molar-refractivity contribution >= 4 is 0 Å². The van der Waals surface area contributed by atoms with E-state index in [1.54, 1.807) is 12.5 Å². The first-order valence-electron chi connectivity index (χ1n) is 10.4. The van der Waals surface area contributed by atoms with Gasteiger partial charge in [-0.2, -0.15) is 13.2 Å². The topological polar surface area (TPSA) is 75.0 Å². The van der Waals surface area contributed by atoms with Crippen molar-refractivity contribution in [2.75, 3.05) is 6.54 Å². The quantitative estimate of drug-likeness (QED) is 0.487. The van der Waals surface area contributed by atoms with Gasteiger partial charge >= 0.3 is 6.18 Å². The van der Waals surface area contributed by atoms with Crippen LogP contribution in [0.1, 0.15) is 22.4 Å². The van der Waals surface area contributed by atoms with E-state index in [1.807, 2.05) is 24.3 Å². The van der Waals surface area contributed by atoms with Gasteiger partial charge in [-0.3, -0.25) is 14.7 Å². The van der Waals surface area contributed by atoms with Crippen LogP contribution in [0.5, 0.6) is 0 Å². The SMILES string of the molecule is O=c1[nH]c(-c2ccc(C(F)(F)F)cc2)nc2c1CN(Cc1ccc(-c3ccco3)nc1)CC2. The molecule has 1 aromatic carbocycles. The Kier molecular flexibility index (Phi) is 5.33. The summed E-state index contributed by atoms with van der Waals surface area (Å²) in [6.07, 6.45) is -0.438. The summed E-state index contributed by atoms with van der Waals surface area (Å²) in [5.74, 6) is 0.980. The number of alkyl halides is 3. The number of pyridine rings is 1. The van der Waals surface area contributed by atoms with E-state index in [-0.39, 0.29) is 11.4 Å². The normalized spacial score (nSPS) is 14.3. The van der Waals surface area contributed by atoms with Gasteiger partial charge in [0.1, 0.15) is 11.5 Å². The van der Waals surface area contributed by atoms with Crippen molar-refractivity contribution < 1.29 is 17.6 Å². The Morgan fingerprint density at radius 2 is 1.91 bits per heavy atom. The van der Waals surface area contributed by atoms with Gasteiger partial charge in [-0.05, 0) is 35.9 Å². The van der Waals surface area contributed by atoms with Gasteiger partial charge in [0.2, 0.25) is 0 Å². The molecule has 9 heteroatoms. The molecule has 0 amide bonds. The average Bonchev–Trinajstić information content (AvgIpc) is 3.34. The Hall–Kier alpha value is -3.72. The second kappa shape index (κ2) is 8.32. The van der Waals surface area contributed by atoms with Crippen LogP contribution in [-0.4, -0.2) is 26.4 Å². The molecule has 0 unspecified atom stereocenters. The van der Waals surface area contributed by atoms with E-state index in [4.69, 9.17) is 4.42 Å². The summed E-state index contributed by atoms with van der Waals surface area (Å²) in [5.41, 5.74) is 2.45. The van der Waals surface area contributed by atoms with Crippen LogP contribution in [0.3, 0.4) is 0 Å². The van der Waals surface area contributed by atoms with E-state index in [2.05, 4.69) is 19.9 Å². The summed E-state index contributed by atoms with van der Waals surface area (Å²) in [7, 11) is 0. The number of halogens is 3. The largest absolute Gasteiger partial charge is 0.463 e. The molecule has 4 heterocycles. The van der Waals surface area contributed by atoms with Crippen LogP contribution in [0.2, 0.25) is 0 Å². The van der Waals surface area contributed by atoms with E-state index < -0.39 is 11.7 Å². The summed E-state index contributed by atoms with van der Waals surface area (Å²) in [6, 6.07) is 12.2. The van der Waals surface area contributed by atoms with Crippen LogP contribution in [0.25, 0.3) is 22.8 Å². The monoisotopic (exact) mass is 452 g/mol. The smallest absolute Gasteiger partial charge is 0.416 e. The third kappa shape index (κ3) is 4.45. The minimum absolute atomic E-state index is 0.272. The van der Waals surface area contributed by atoms with E-state index >= 15 is 0 Å². The van der Waals surface area contributed by atoms with Gasteiger partial charge in [-0.25, -0.2) is 4.98 Å². The number of nitrogens with one attached hydrogen (secondary N) is 1. The molecule has 1 aliphatic rings. The van der Waals surface area contributed by atoms with Gasteiger partial charge in [0.05, 0.1) is 23.1 Å². The van der Waals surface area contributed by atoms with Gasteiger partial charge in [-0.1, -0.05) is 18.2 Å². The van der Waals surface area contributed by atoms with Crippen LogP contribution in [0, 0.1) is 0 Å². The molecule has 0 aliphatic carbocycles. The number of aromatic nitrogens is 3. The third-order valence-corrected chi connectivity index (χ3v) is 5.64. The Labute approximate surface area is 186 Å². The number of H-pyrrole nitrogens is 1. The summed E-state index contributed by atoms with van der Waals surface area (Å²) in [4.78, 5) is 26.6. The van der Waals surface area contributed by atoms with Crippen molar-refractivity contribution in [1.82, 2.24) is 19.9 Å². The van der Waals surface area contributed by atoms with Crippen molar-refractivity contribution in [1.29, 1.82) is 0 Å². The number of fused-ring (bicyclic) bond motifs is 1. The lowest BCUT2D eigenvalue weighted by Gasteiger charge is -2.27. The Bertz CT molecular complexity index is 1310. The molecule has 0 radical (unpaired) electrons. The highest BCUT2D eigenvalue weighted by Crippen LogP contribution is 2.30. The summed E-state index contributed by atoms with van der Waals surface area (Å²) in [6.45, 7) is 1.77. The fraction of sp³-hybridized carbons (Fsp3) is 0.208. The van der Waals surface area contributed by atoms with Gasteiger partial charge in [0.15, 0.2) is 5.76 Å². The molecule has 0 fully saturated rings. The predicted octanol–water partition coefficient (Wildman–Crippen LogP) is 4.67. The maximum Gasteiger partial charge on any atom is 0.416 e. The number of hydrogen-bond acceptors (Lipinski definition) is 5. The third-order valence-electron chi connectivity index (χ3n) is 5.64. The summed E-state index contributed by atoms with van der Waals surface area (Å²) < 4.78 is 43.8. The van der Waals surface area contributed by atoms with Gasteiger partial charge in [0.25, 0.3) is 5.56 Å². The standard InChI is InChI=1S/C24H19F3N4O2/c25-24(26,27)17-6-4-16(5-7-17)22-29-19-9-10-31(14-18(19)23(32)30-22)13-15-3-8-20(28-12-15)21-2-1-11-33-21/h1-8,11-12H,9-10,13-14H2,(H,29,30,32). The van der Waals surface area contributed by atoms with Crippen molar-refractivity contribution in [3.05, 3.63) is 93.7 Å². The second-order valence-corrected chi connectivity index (χ2v) is 7.90. The summed E-state index contributed by atoms with van der Waals surface area (Å²) >= 11 is 0. The van der Waals surface area contributed by atoms with Crippen molar-refractivity contribution in [3.8, 4) is 22.8 Å². The highest BCUT2D eigenvalue weighted by atomic mass is 19.4. The van der Waals surface area contributed by atoms with Crippen LogP contribution >= 0.6 is 0 Å². The number of nitrogens with zero attached hydrogens (tertiary/aromatic N) is 3. The maximum atomic E-state index is 12.8. The molecular weight excluding hydrogens is 433 g/mol. The molecule has 1 N–H and O–H groups in total. The first-order chi connectivity index (χ1) is 15.9. The van der Waals surface area contributed by atoms with E-state index in [0.29, 0.717) is 48.6 Å². The first-order valence-corrected chi connectivity index (χ1v) is 10.4. The lowest BCUT2D eigenvalue weighted by molar-refractivity contribution is -0.137. The Morgan fingerprint density at radius 3 is 2.58 bits per heavy atom. The Balaban J connectivity index is 1.31. The first kappa shape index (κ1) is 21.1. The molecule has 4 aromatic rings. The Morgan fingerprint density at radius 1 is 1.09 bits per heavy atom. The van der Waals surface area contributed by atoms with Crippen molar-refractivity contribution in [3.63, 3.8) is 0 Å². The van der Waals surface area contributed by atoms with Crippen LogP contribution in [0.15, 0.2) is 70.2 Å². The zero-order valence-corrected chi connectivity index (χ0v) is 17.4. The molecule has 0 spiro atoms. The number of rotatable bonds is 4. The number of aromatic amines is 1. The molecule has 1 aliphatic heterocycles. The molecule has 3 aromatic heterocycles. The maximum absolute atomic E-state index is 12.8. The molecule has 33 heavy (non-hydrogen) atoms. The molecule has 0 saturated carbocycles. The molecule has 6 nitrogen and oxygen atoms in total. The van der Waals surface area contributed by atoms with Gasteiger partial charge < -0.3 is 9.40 Å². The van der Waals surface area contributed by atoms with E-state index in [0.717, 1.165) is 23.4 Å². The molecular formula is C24H19F3N4O2. The van der Waals surface area contributed by atoms with Gasteiger partial charge in [-0.15, -0.1) is 0 Å². The molecule has 0 bridgehead atoms. The lowest BCUT2D eigenvalue weighted by Crippen LogP contribution is -2.35. The van der Waals surface area contributed by atoms with Crippen molar-refractivity contribution in [2.24, 2.45) is 0 Å². The summed E-state index contributed by atoms with van der Waals surface area (Å²) in [5, 5.41) is 0. The molecule has 168 valence electrons. The van der Waals surface area contributed by atoms with Gasteiger partial charge in [0, 0.05) is 37.8 Å². The van der Waals surface area contributed by atoms with E-state index in [9.17, 15) is 18.0 Å². The number of furan rings is 1. The highest BCUT2D eigenvalue weighted by molar-refractivity contribution is 5.56. The predicted molar refractivity (Wildman–Crippen MR) is 115 cm³/mol. The number of hydrogen-bond donors (Lipinski definition) is 1. The van der Waals surface area contributed by atoms with Crippen molar-refractivity contribution in [2.45, 2.75) is 25.7 Å². The average molecular weight is 452 g/mol. The van der Waals surface area contributed by atoms with Crippen LogP contribution < -0.4 is 5.56 Å². The van der Waals surface area contributed by atoms with Crippen LogP contribution in [-0.2, 0) is 25.7 Å². The minimum Gasteiger partial charge on any atom is -0.463 e. The van der Waals surface area contributed by atoms with Crippen LogP contribution in [0.4, 0.5) is 13.2 Å². The fourth-order valence-electron chi connectivity index (χ4n) is 3.92. The highest BCUT2D eigenvalue weighted by Gasteiger charge is 2.30. The van der Waals surface area contributed by atoms with E-state index in [1.165, 1.54) is 12.1 Å². The second-order valence-electron chi connectivity index (χ2n) is 7.90. The zero-order valence-electron chi connectivity index (χ0n) is 17.4. The molecule has 5 rings (SSSR count). The minimum atomic E-state index is -4.41. The lowest BCUT2D eigenvalue weighted by atomic mass is 10.1. The molecule has 0 atom stereocenters.